The van der Waals surface area contributed by atoms with Crippen molar-refractivity contribution < 1.29 is 12.8 Å². The first-order valence-electron chi connectivity index (χ1n) is 6.60. The lowest BCUT2D eigenvalue weighted by Gasteiger charge is -2.09. The predicted molar refractivity (Wildman–Crippen MR) is 86.6 cm³/mol. The molecule has 0 bridgehead atoms. The third-order valence-corrected chi connectivity index (χ3v) is 4.29. The van der Waals surface area contributed by atoms with Crippen LogP contribution in [-0.2, 0) is 10.0 Å². The quantitative estimate of drug-likeness (QED) is 0.813. The Labute approximate surface area is 138 Å². The fourth-order valence-electron chi connectivity index (χ4n) is 1.72. The molecule has 0 spiro atoms. The molecule has 0 amide bonds. The predicted octanol–water partition coefficient (Wildman–Crippen LogP) is 2.97. The zero-order valence-corrected chi connectivity index (χ0v) is 13.0. The summed E-state index contributed by atoms with van der Waals surface area (Å²) in [5, 5.41) is 19.9. The molecule has 0 aromatic heterocycles. The van der Waals surface area contributed by atoms with Crippen molar-refractivity contribution in [1.29, 1.82) is 10.5 Å². The Kier molecular flexibility index (Phi) is 5.15. The number of anilines is 2. The third-order valence-electron chi connectivity index (χ3n) is 2.91. The molecule has 2 aromatic rings. The maximum absolute atomic E-state index is 13.5. The first kappa shape index (κ1) is 17.0. The monoisotopic (exact) mass is 342 g/mol. The van der Waals surface area contributed by atoms with Gasteiger partial charge in [0.25, 0.3) is 10.0 Å². The first-order chi connectivity index (χ1) is 11.5. The van der Waals surface area contributed by atoms with Gasteiger partial charge in [-0.05, 0) is 36.4 Å². The highest BCUT2D eigenvalue weighted by Gasteiger charge is 2.15. The molecule has 8 heteroatoms. The number of benzene rings is 2. The first-order valence-corrected chi connectivity index (χ1v) is 8.09. The smallest absolute Gasteiger partial charge is 0.261 e. The number of para-hydroxylation sites is 1. The van der Waals surface area contributed by atoms with Crippen LogP contribution in [0.3, 0.4) is 0 Å². The van der Waals surface area contributed by atoms with Crippen LogP contribution < -0.4 is 10.0 Å². The van der Waals surface area contributed by atoms with E-state index in [4.69, 9.17) is 10.5 Å². The summed E-state index contributed by atoms with van der Waals surface area (Å²) in [7, 11) is -3.93. The van der Waals surface area contributed by atoms with E-state index in [0.717, 1.165) is 6.07 Å². The second-order valence-electron chi connectivity index (χ2n) is 4.54. The third kappa shape index (κ3) is 4.09. The van der Waals surface area contributed by atoms with Crippen LogP contribution >= 0.6 is 0 Å². The maximum Gasteiger partial charge on any atom is 0.261 e. The minimum absolute atomic E-state index is 0.0546. The Morgan fingerprint density at radius 3 is 2.25 bits per heavy atom. The lowest BCUT2D eigenvalue weighted by atomic mass is 10.3. The number of allylic oxidation sites excluding steroid dienone is 1. The molecule has 0 saturated heterocycles. The van der Waals surface area contributed by atoms with Crippen molar-refractivity contribution >= 4 is 21.4 Å². The van der Waals surface area contributed by atoms with E-state index in [2.05, 4.69) is 10.0 Å². The van der Waals surface area contributed by atoms with Gasteiger partial charge in [-0.2, -0.15) is 10.5 Å². The summed E-state index contributed by atoms with van der Waals surface area (Å²) in [4.78, 5) is -0.0546. The molecule has 0 heterocycles. The molecule has 0 aliphatic carbocycles. The summed E-state index contributed by atoms with van der Waals surface area (Å²) < 4.78 is 40.2. The molecular formula is C16H11FN4O2S. The summed E-state index contributed by atoms with van der Waals surface area (Å²) in [6.07, 6.45) is 1.21. The Morgan fingerprint density at radius 1 is 1.04 bits per heavy atom. The van der Waals surface area contributed by atoms with Gasteiger partial charge < -0.3 is 5.32 Å². The van der Waals surface area contributed by atoms with Crippen molar-refractivity contribution in [3.63, 3.8) is 0 Å². The van der Waals surface area contributed by atoms with Gasteiger partial charge in [-0.3, -0.25) is 4.72 Å². The van der Waals surface area contributed by atoms with Gasteiger partial charge in [-0.25, -0.2) is 12.8 Å². The van der Waals surface area contributed by atoms with Crippen molar-refractivity contribution in [2.75, 3.05) is 10.0 Å². The van der Waals surface area contributed by atoms with E-state index in [0.29, 0.717) is 5.69 Å². The minimum atomic E-state index is -3.93. The Bertz CT molecular complexity index is 939. The van der Waals surface area contributed by atoms with E-state index in [-0.39, 0.29) is 16.2 Å². The van der Waals surface area contributed by atoms with Crippen molar-refractivity contribution in [3.8, 4) is 12.1 Å². The molecule has 2 aromatic carbocycles. The van der Waals surface area contributed by atoms with Gasteiger partial charge in [0.2, 0.25) is 0 Å². The van der Waals surface area contributed by atoms with Crippen LogP contribution in [0.5, 0.6) is 0 Å². The number of nitrogens with one attached hydrogen (secondary N) is 2. The second kappa shape index (κ2) is 7.27. The van der Waals surface area contributed by atoms with E-state index in [9.17, 15) is 12.8 Å². The fourth-order valence-corrected chi connectivity index (χ4v) is 2.79. The van der Waals surface area contributed by atoms with E-state index >= 15 is 0 Å². The summed E-state index contributed by atoms with van der Waals surface area (Å²) in [5.41, 5.74) is 0.228. The number of rotatable bonds is 5. The van der Waals surface area contributed by atoms with Crippen molar-refractivity contribution in [3.05, 3.63) is 66.1 Å². The van der Waals surface area contributed by atoms with Crippen LogP contribution in [-0.4, -0.2) is 8.42 Å². The summed E-state index contributed by atoms with van der Waals surface area (Å²) >= 11 is 0. The Morgan fingerprint density at radius 2 is 1.67 bits per heavy atom. The van der Waals surface area contributed by atoms with Gasteiger partial charge >= 0.3 is 0 Å². The molecular weight excluding hydrogens is 331 g/mol. The fraction of sp³-hybridized carbons (Fsp3) is 0. The zero-order chi connectivity index (χ0) is 17.6. The average molecular weight is 342 g/mol. The highest BCUT2D eigenvalue weighted by Crippen LogP contribution is 2.20. The molecule has 0 saturated carbocycles. The normalized spacial score (nSPS) is 10.1. The van der Waals surface area contributed by atoms with Crippen molar-refractivity contribution in [2.24, 2.45) is 0 Å². The highest BCUT2D eigenvalue weighted by molar-refractivity contribution is 7.92. The lowest BCUT2D eigenvalue weighted by Crippen LogP contribution is -2.13. The van der Waals surface area contributed by atoms with Crippen molar-refractivity contribution in [1.82, 2.24) is 0 Å². The highest BCUT2D eigenvalue weighted by atomic mass is 32.2. The molecule has 24 heavy (non-hydrogen) atoms. The molecule has 120 valence electrons. The molecule has 2 rings (SSSR count). The molecule has 0 fully saturated rings. The standard InChI is InChI=1S/C16H11FN4O2S/c17-15-3-1-2-4-16(15)21-24(22,23)14-7-5-13(6-8-14)20-11-12(9-18)10-19/h1-8,11,20-21H. The molecule has 0 unspecified atom stereocenters. The van der Waals surface area contributed by atoms with Gasteiger partial charge in [-0.1, -0.05) is 12.1 Å². The van der Waals surface area contributed by atoms with E-state index in [1.165, 1.54) is 48.7 Å². The molecule has 0 atom stereocenters. The number of sulfonamides is 1. The minimum Gasteiger partial charge on any atom is -0.360 e. The van der Waals surface area contributed by atoms with Gasteiger partial charge in [-0.15, -0.1) is 0 Å². The number of halogens is 1. The molecule has 2 N–H and O–H groups in total. The van der Waals surface area contributed by atoms with Gasteiger partial charge in [0.05, 0.1) is 10.6 Å². The SMILES string of the molecule is N#CC(C#N)=CNc1ccc(S(=O)(=O)Nc2ccccc2F)cc1. The number of hydrogen-bond acceptors (Lipinski definition) is 5. The van der Waals surface area contributed by atoms with Gasteiger partial charge in [0.1, 0.15) is 23.5 Å². The van der Waals surface area contributed by atoms with Gasteiger partial charge in [0.15, 0.2) is 0 Å². The topological polar surface area (TPSA) is 106 Å². The zero-order valence-electron chi connectivity index (χ0n) is 12.2. The van der Waals surface area contributed by atoms with Crippen LogP contribution in [0.2, 0.25) is 0 Å². The van der Waals surface area contributed by atoms with E-state index in [1.54, 1.807) is 12.1 Å². The van der Waals surface area contributed by atoms with E-state index < -0.39 is 15.8 Å². The molecule has 0 radical (unpaired) electrons. The molecule has 0 aliphatic heterocycles. The lowest BCUT2D eigenvalue weighted by molar-refractivity contribution is 0.598. The average Bonchev–Trinajstić information content (AvgIpc) is 2.58. The van der Waals surface area contributed by atoms with Crippen LogP contribution in [0.1, 0.15) is 0 Å². The number of hydrogen-bond donors (Lipinski definition) is 2. The Hall–Kier alpha value is -3.36. The van der Waals surface area contributed by atoms with Crippen LogP contribution in [0.25, 0.3) is 0 Å². The Balaban J connectivity index is 2.18. The summed E-state index contributed by atoms with van der Waals surface area (Å²) in [5.74, 6) is -0.676. The maximum atomic E-state index is 13.5. The number of nitrogens with zero attached hydrogens (tertiary/aromatic N) is 2. The van der Waals surface area contributed by atoms with Crippen LogP contribution in [0.4, 0.5) is 15.8 Å². The van der Waals surface area contributed by atoms with Crippen LogP contribution in [0.15, 0.2) is 65.2 Å². The van der Waals surface area contributed by atoms with Crippen molar-refractivity contribution in [2.45, 2.75) is 4.90 Å². The summed E-state index contributed by atoms with van der Waals surface area (Å²) in [6, 6.07) is 14.4. The summed E-state index contributed by atoms with van der Waals surface area (Å²) in [6.45, 7) is 0. The number of nitriles is 2. The van der Waals surface area contributed by atoms with E-state index in [1.807, 2.05) is 0 Å². The second-order valence-corrected chi connectivity index (χ2v) is 6.22. The molecule has 6 nitrogen and oxygen atoms in total. The van der Waals surface area contributed by atoms with Crippen LogP contribution in [0, 0.1) is 28.5 Å². The molecule has 0 aliphatic rings. The largest absolute Gasteiger partial charge is 0.360 e. The van der Waals surface area contributed by atoms with Gasteiger partial charge in [0, 0.05) is 11.9 Å².